The molecule has 3 heterocycles. The van der Waals surface area contributed by atoms with E-state index in [1.165, 1.54) is 17.4 Å². The van der Waals surface area contributed by atoms with Gasteiger partial charge in [0.15, 0.2) is 4.96 Å². The summed E-state index contributed by atoms with van der Waals surface area (Å²) in [5, 5.41) is 9.38. The lowest BCUT2D eigenvalue weighted by molar-refractivity contribution is 0.0224. The van der Waals surface area contributed by atoms with Crippen LogP contribution in [0.15, 0.2) is 36.5 Å². The summed E-state index contributed by atoms with van der Waals surface area (Å²) in [6.45, 7) is 7.82. The predicted molar refractivity (Wildman–Crippen MR) is 133 cm³/mol. The van der Waals surface area contributed by atoms with Crippen molar-refractivity contribution in [2.45, 2.75) is 52.2 Å². The first-order chi connectivity index (χ1) is 16.5. The lowest BCUT2D eigenvalue weighted by Crippen LogP contribution is -2.36. The number of carbonyl (C=O) groups is 2. The van der Waals surface area contributed by atoms with E-state index in [9.17, 15) is 14.7 Å². The first-order valence-electron chi connectivity index (χ1n) is 11.5. The van der Waals surface area contributed by atoms with Crippen LogP contribution in [0, 0.1) is 12.7 Å². The molecule has 0 spiro atoms. The number of hydrogen-bond donors (Lipinski definition) is 1. The Hall–Kier alpha value is -3.46. The number of halogens is 1. The average molecular weight is 496 g/mol. The van der Waals surface area contributed by atoms with Crippen LogP contribution >= 0.6 is 11.3 Å². The molecule has 9 heteroatoms. The number of fused-ring (bicyclic) bond motifs is 3. The molecule has 5 rings (SSSR count). The summed E-state index contributed by atoms with van der Waals surface area (Å²) in [5.41, 5.74) is 2.76. The van der Waals surface area contributed by atoms with Gasteiger partial charge in [0.1, 0.15) is 11.4 Å². The summed E-state index contributed by atoms with van der Waals surface area (Å²) in [4.78, 5) is 31.0. The molecular formula is C26H26FN3O4S. The van der Waals surface area contributed by atoms with Gasteiger partial charge in [0, 0.05) is 18.3 Å². The third-order valence-corrected chi connectivity index (χ3v) is 7.22. The van der Waals surface area contributed by atoms with E-state index in [2.05, 4.69) is 4.98 Å². The molecule has 1 saturated heterocycles. The Morgan fingerprint density at radius 1 is 1.23 bits per heavy atom. The fraction of sp³-hybridized carbons (Fsp3) is 0.346. The van der Waals surface area contributed by atoms with Crippen LogP contribution in [0.4, 0.5) is 9.18 Å². The van der Waals surface area contributed by atoms with Crippen molar-refractivity contribution in [3.8, 4) is 11.3 Å². The first-order valence-corrected chi connectivity index (χ1v) is 12.3. The number of benzene rings is 2. The largest absolute Gasteiger partial charge is 0.478 e. The van der Waals surface area contributed by atoms with Crippen molar-refractivity contribution in [1.29, 1.82) is 0 Å². The second kappa shape index (κ2) is 8.34. The van der Waals surface area contributed by atoms with E-state index < -0.39 is 17.4 Å². The van der Waals surface area contributed by atoms with Crippen molar-refractivity contribution in [2.75, 3.05) is 6.54 Å². The van der Waals surface area contributed by atoms with E-state index in [-0.39, 0.29) is 17.7 Å². The minimum atomic E-state index is -0.967. The predicted octanol–water partition coefficient (Wildman–Crippen LogP) is 6.43. The van der Waals surface area contributed by atoms with Gasteiger partial charge in [-0.15, -0.1) is 0 Å². The number of thiazole rings is 1. The number of rotatable bonds is 3. The average Bonchev–Trinajstić information content (AvgIpc) is 3.46. The van der Waals surface area contributed by atoms with Crippen LogP contribution in [-0.4, -0.2) is 43.6 Å². The molecular weight excluding hydrogens is 469 g/mol. The first kappa shape index (κ1) is 23.3. The van der Waals surface area contributed by atoms with Gasteiger partial charge in [-0.1, -0.05) is 17.4 Å². The van der Waals surface area contributed by atoms with Crippen molar-refractivity contribution in [3.63, 3.8) is 0 Å². The summed E-state index contributed by atoms with van der Waals surface area (Å²) in [6.07, 6.45) is 2.98. The van der Waals surface area contributed by atoms with Crippen molar-refractivity contribution in [1.82, 2.24) is 14.3 Å². The number of hydrogen-bond acceptors (Lipinski definition) is 5. The van der Waals surface area contributed by atoms with Crippen molar-refractivity contribution in [3.05, 3.63) is 59.0 Å². The molecule has 1 atom stereocenters. The molecule has 2 aromatic carbocycles. The van der Waals surface area contributed by atoms with Gasteiger partial charge in [0.05, 0.1) is 27.5 Å². The highest BCUT2D eigenvalue weighted by Gasteiger charge is 2.33. The Labute approximate surface area is 205 Å². The SMILES string of the molecule is Cc1cc2c(cc1C(=O)O)sc1nc(-c3ccc([C@H]4CCCN4C(=O)OC(C)(C)C)cc3F)cn12. The molecule has 2 aromatic heterocycles. The Bertz CT molecular complexity index is 1480. The fourth-order valence-electron chi connectivity index (χ4n) is 4.61. The van der Waals surface area contributed by atoms with Crippen molar-refractivity contribution >= 4 is 38.6 Å². The van der Waals surface area contributed by atoms with E-state index >= 15 is 4.39 Å². The molecule has 7 nitrogen and oxygen atoms in total. The number of likely N-dealkylation sites (tertiary alicyclic amines) is 1. The number of aromatic carboxylic acids is 1. The normalized spacial score (nSPS) is 16.4. The maximum Gasteiger partial charge on any atom is 0.410 e. The molecule has 4 aromatic rings. The zero-order chi connectivity index (χ0) is 25.1. The lowest BCUT2D eigenvalue weighted by Gasteiger charge is -2.29. The lowest BCUT2D eigenvalue weighted by atomic mass is 10.0. The second-order valence-corrected chi connectivity index (χ2v) is 10.9. The molecule has 0 bridgehead atoms. The molecule has 1 N–H and O–H groups in total. The third-order valence-electron chi connectivity index (χ3n) is 6.21. The van der Waals surface area contributed by atoms with Crippen LogP contribution in [0.25, 0.3) is 26.4 Å². The number of nitrogens with zero attached hydrogens (tertiary/aromatic N) is 3. The molecule has 1 aliphatic heterocycles. The zero-order valence-corrected chi connectivity index (χ0v) is 20.8. The molecule has 0 unspecified atom stereocenters. The number of carbonyl (C=O) groups excluding carboxylic acids is 1. The van der Waals surface area contributed by atoms with Gasteiger partial charge in [-0.25, -0.2) is 19.0 Å². The number of aryl methyl sites for hydroxylation is 1. The van der Waals surface area contributed by atoms with Gasteiger partial charge in [-0.2, -0.15) is 0 Å². The van der Waals surface area contributed by atoms with Crippen LogP contribution in [0.3, 0.4) is 0 Å². The van der Waals surface area contributed by atoms with Crippen LogP contribution in [0.5, 0.6) is 0 Å². The van der Waals surface area contributed by atoms with Gasteiger partial charge in [-0.3, -0.25) is 4.40 Å². The Morgan fingerprint density at radius 3 is 2.69 bits per heavy atom. The topological polar surface area (TPSA) is 84.1 Å². The number of carboxylic acids is 1. The van der Waals surface area contributed by atoms with E-state index in [1.54, 1.807) is 30.2 Å². The molecule has 1 aliphatic rings. The van der Waals surface area contributed by atoms with Crippen LogP contribution in [0.1, 0.15) is 61.1 Å². The van der Waals surface area contributed by atoms with E-state index in [4.69, 9.17) is 4.74 Å². The van der Waals surface area contributed by atoms with Gasteiger partial charge in [0.2, 0.25) is 0 Å². The summed E-state index contributed by atoms with van der Waals surface area (Å²) in [6, 6.07) is 8.28. The van der Waals surface area contributed by atoms with Crippen molar-refractivity contribution < 1.29 is 23.8 Å². The second-order valence-electron chi connectivity index (χ2n) is 9.89. The molecule has 0 saturated carbocycles. The number of amides is 1. The van der Waals surface area contributed by atoms with Gasteiger partial charge in [0.25, 0.3) is 0 Å². The summed E-state index contributed by atoms with van der Waals surface area (Å²) in [7, 11) is 0. The summed E-state index contributed by atoms with van der Waals surface area (Å²) < 4.78 is 23.5. The highest BCUT2D eigenvalue weighted by molar-refractivity contribution is 7.23. The van der Waals surface area contributed by atoms with Crippen molar-refractivity contribution in [2.24, 2.45) is 0 Å². The highest BCUT2D eigenvalue weighted by atomic mass is 32.1. The van der Waals surface area contributed by atoms with Crippen LogP contribution in [-0.2, 0) is 4.74 Å². The summed E-state index contributed by atoms with van der Waals surface area (Å²) >= 11 is 1.36. The standard InChI is InChI=1S/C26H26FN3O4S/c1-14-10-21-22(12-17(14)23(31)32)35-24-28-19(13-30(21)24)16-8-7-15(11-18(16)27)20-6-5-9-29(20)25(33)34-26(2,3)4/h7-8,10-13,20H,5-6,9H2,1-4H3,(H,31,32)/t20-/m1/s1. The Kier molecular flexibility index (Phi) is 5.55. The van der Waals surface area contributed by atoms with Gasteiger partial charge < -0.3 is 14.7 Å². The third kappa shape index (κ3) is 4.25. The van der Waals surface area contributed by atoms with Gasteiger partial charge in [-0.05, 0) is 75.9 Å². The van der Waals surface area contributed by atoms with E-state index in [0.29, 0.717) is 28.3 Å². The zero-order valence-electron chi connectivity index (χ0n) is 20.0. The quantitative estimate of drug-likeness (QED) is 0.354. The Morgan fingerprint density at radius 2 is 2.00 bits per heavy atom. The minimum absolute atomic E-state index is 0.228. The van der Waals surface area contributed by atoms with Crippen LogP contribution < -0.4 is 0 Å². The number of aromatic nitrogens is 2. The monoisotopic (exact) mass is 495 g/mol. The van der Waals surface area contributed by atoms with E-state index in [0.717, 1.165) is 28.6 Å². The molecule has 1 fully saturated rings. The van der Waals surface area contributed by atoms with Crippen LogP contribution in [0.2, 0.25) is 0 Å². The molecule has 0 radical (unpaired) electrons. The number of imidazole rings is 1. The molecule has 182 valence electrons. The smallest absolute Gasteiger partial charge is 0.410 e. The molecule has 1 amide bonds. The van der Waals surface area contributed by atoms with Gasteiger partial charge >= 0.3 is 12.1 Å². The highest BCUT2D eigenvalue weighted by Crippen LogP contribution is 2.36. The minimum Gasteiger partial charge on any atom is -0.478 e. The maximum atomic E-state index is 15.3. The molecule has 0 aliphatic carbocycles. The number of carboxylic acid groups (broad SMARTS) is 1. The fourth-order valence-corrected chi connectivity index (χ4v) is 5.64. The Balaban J connectivity index is 1.46. The maximum absolute atomic E-state index is 15.3. The summed E-state index contributed by atoms with van der Waals surface area (Å²) in [5.74, 6) is -1.37. The number of ether oxygens (including phenoxy) is 1. The molecule has 35 heavy (non-hydrogen) atoms. The van der Waals surface area contributed by atoms with E-state index in [1.807, 2.05) is 37.3 Å².